The number of imidazole rings is 1. The summed E-state index contributed by atoms with van der Waals surface area (Å²) in [6, 6.07) is 6.06. The van der Waals surface area contributed by atoms with Gasteiger partial charge in [0.25, 0.3) is 0 Å². The van der Waals surface area contributed by atoms with E-state index in [-0.39, 0.29) is 11.8 Å². The Morgan fingerprint density at radius 2 is 2.11 bits per heavy atom. The smallest absolute Gasteiger partial charge is 0.304 e. The van der Waals surface area contributed by atoms with Crippen LogP contribution in [0.4, 0.5) is 0 Å². The predicted octanol–water partition coefficient (Wildman–Crippen LogP) is 3.12. The third-order valence-corrected chi connectivity index (χ3v) is 3.63. The number of aryl methyl sites for hydroxylation is 2. The number of carboxylic acid groups (broad SMARTS) is 1. The zero-order chi connectivity index (χ0) is 14.2. The van der Waals surface area contributed by atoms with Crippen LogP contribution in [0.5, 0.6) is 0 Å². The molecule has 1 N–H and O–H groups in total. The second-order valence-electron chi connectivity index (χ2n) is 5.56. The van der Waals surface area contributed by atoms with Crippen LogP contribution in [0.2, 0.25) is 0 Å². The van der Waals surface area contributed by atoms with Gasteiger partial charge in [0.05, 0.1) is 17.5 Å². The minimum absolute atomic E-state index is 0.117. The first-order chi connectivity index (χ1) is 8.85. The minimum Gasteiger partial charge on any atom is -0.481 e. The summed E-state index contributed by atoms with van der Waals surface area (Å²) in [4.78, 5) is 15.5. The van der Waals surface area contributed by atoms with Gasteiger partial charge in [0.15, 0.2) is 0 Å². The summed E-state index contributed by atoms with van der Waals surface area (Å²) < 4.78 is 2.16. The predicted molar refractivity (Wildman–Crippen MR) is 75.4 cm³/mol. The fourth-order valence-corrected chi connectivity index (χ4v) is 2.55. The molecular formula is C15H20N2O2. The molecule has 0 atom stereocenters. The Kier molecular flexibility index (Phi) is 3.35. The van der Waals surface area contributed by atoms with Crippen molar-refractivity contribution in [3.05, 3.63) is 29.6 Å². The molecule has 0 aliphatic heterocycles. The number of rotatable bonds is 4. The average Bonchev–Trinajstić information content (AvgIpc) is 2.61. The van der Waals surface area contributed by atoms with Crippen LogP contribution in [0.15, 0.2) is 18.2 Å². The van der Waals surface area contributed by atoms with E-state index in [0.29, 0.717) is 0 Å². The second-order valence-corrected chi connectivity index (χ2v) is 5.56. The first-order valence-corrected chi connectivity index (χ1v) is 6.54. The summed E-state index contributed by atoms with van der Waals surface area (Å²) in [6.45, 7) is 8.88. The lowest BCUT2D eigenvalue weighted by atomic mass is 9.81. The number of fused-ring (bicyclic) bond motifs is 1. The largest absolute Gasteiger partial charge is 0.481 e. The molecule has 0 aliphatic rings. The fourth-order valence-electron chi connectivity index (χ4n) is 2.55. The SMILES string of the molecule is CCn1c(C)nc2cc(C(C)(C)CC(=O)O)ccc21. The highest BCUT2D eigenvalue weighted by atomic mass is 16.4. The molecular weight excluding hydrogens is 240 g/mol. The normalized spacial score (nSPS) is 12.0. The van der Waals surface area contributed by atoms with Crippen LogP contribution < -0.4 is 0 Å². The Morgan fingerprint density at radius 3 is 2.68 bits per heavy atom. The van der Waals surface area contributed by atoms with Crippen molar-refractivity contribution in [1.29, 1.82) is 0 Å². The van der Waals surface area contributed by atoms with Crippen LogP contribution >= 0.6 is 0 Å². The molecule has 102 valence electrons. The molecule has 1 aromatic carbocycles. The molecule has 0 spiro atoms. The van der Waals surface area contributed by atoms with Crippen LogP contribution in [0.1, 0.15) is 38.6 Å². The lowest BCUT2D eigenvalue weighted by Gasteiger charge is -2.23. The van der Waals surface area contributed by atoms with Crippen molar-refractivity contribution in [2.24, 2.45) is 0 Å². The van der Waals surface area contributed by atoms with E-state index in [1.54, 1.807) is 0 Å². The molecule has 0 amide bonds. The van der Waals surface area contributed by atoms with Crippen LogP contribution in [0.3, 0.4) is 0 Å². The Bertz CT molecular complexity index is 626. The van der Waals surface area contributed by atoms with E-state index in [0.717, 1.165) is 29.0 Å². The summed E-state index contributed by atoms with van der Waals surface area (Å²) in [7, 11) is 0. The van der Waals surface area contributed by atoms with Crippen molar-refractivity contribution in [3.63, 3.8) is 0 Å². The van der Waals surface area contributed by atoms with Crippen molar-refractivity contribution in [2.75, 3.05) is 0 Å². The first kappa shape index (κ1) is 13.6. The molecule has 4 nitrogen and oxygen atoms in total. The molecule has 0 unspecified atom stereocenters. The van der Waals surface area contributed by atoms with Crippen molar-refractivity contribution in [3.8, 4) is 0 Å². The zero-order valence-electron chi connectivity index (χ0n) is 11.9. The molecule has 0 saturated heterocycles. The third-order valence-electron chi connectivity index (χ3n) is 3.63. The standard InChI is InChI=1S/C15H20N2O2/c1-5-17-10(2)16-12-8-11(6-7-13(12)17)15(3,4)9-14(18)19/h6-8H,5,9H2,1-4H3,(H,18,19). The van der Waals surface area contributed by atoms with Crippen molar-refractivity contribution in [2.45, 2.75) is 46.1 Å². The van der Waals surface area contributed by atoms with E-state index in [4.69, 9.17) is 5.11 Å². The van der Waals surface area contributed by atoms with Gasteiger partial charge in [-0.3, -0.25) is 4.79 Å². The zero-order valence-corrected chi connectivity index (χ0v) is 11.9. The third kappa shape index (κ3) is 2.48. The van der Waals surface area contributed by atoms with Gasteiger partial charge in [-0.05, 0) is 31.5 Å². The first-order valence-electron chi connectivity index (χ1n) is 6.54. The van der Waals surface area contributed by atoms with E-state index in [2.05, 4.69) is 16.5 Å². The van der Waals surface area contributed by atoms with E-state index in [1.807, 2.05) is 39.0 Å². The Labute approximate surface area is 113 Å². The number of nitrogens with zero attached hydrogens (tertiary/aromatic N) is 2. The molecule has 0 radical (unpaired) electrons. The minimum atomic E-state index is -0.777. The molecule has 0 bridgehead atoms. The maximum absolute atomic E-state index is 10.9. The molecule has 1 aromatic heterocycles. The number of aliphatic carboxylic acids is 1. The van der Waals surface area contributed by atoms with E-state index >= 15 is 0 Å². The molecule has 2 rings (SSSR count). The van der Waals surface area contributed by atoms with Gasteiger partial charge in [-0.2, -0.15) is 0 Å². The topological polar surface area (TPSA) is 55.1 Å². The van der Waals surface area contributed by atoms with E-state index < -0.39 is 5.97 Å². The van der Waals surface area contributed by atoms with Crippen molar-refractivity contribution in [1.82, 2.24) is 9.55 Å². The van der Waals surface area contributed by atoms with Gasteiger partial charge < -0.3 is 9.67 Å². The highest BCUT2D eigenvalue weighted by Crippen LogP contribution is 2.29. The van der Waals surface area contributed by atoms with Crippen LogP contribution in [-0.2, 0) is 16.8 Å². The maximum atomic E-state index is 10.9. The number of aromatic nitrogens is 2. The Morgan fingerprint density at radius 1 is 1.42 bits per heavy atom. The van der Waals surface area contributed by atoms with Crippen LogP contribution in [-0.4, -0.2) is 20.6 Å². The lowest BCUT2D eigenvalue weighted by molar-refractivity contribution is -0.138. The Balaban J connectivity index is 2.50. The monoisotopic (exact) mass is 260 g/mol. The lowest BCUT2D eigenvalue weighted by Crippen LogP contribution is -2.21. The van der Waals surface area contributed by atoms with Crippen LogP contribution in [0, 0.1) is 6.92 Å². The van der Waals surface area contributed by atoms with E-state index in [1.165, 1.54) is 0 Å². The summed E-state index contributed by atoms with van der Waals surface area (Å²) in [5, 5.41) is 8.99. The van der Waals surface area contributed by atoms with Gasteiger partial charge in [0, 0.05) is 12.0 Å². The molecule has 0 saturated carbocycles. The number of benzene rings is 1. The quantitative estimate of drug-likeness (QED) is 0.919. The molecule has 4 heteroatoms. The van der Waals surface area contributed by atoms with E-state index in [9.17, 15) is 4.79 Å². The number of hydrogen-bond acceptors (Lipinski definition) is 2. The van der Waals surface area contributed by atoms with Gasteiger partial charge >= 0.3 is 5.97 Å². The summed E-state index contributed by atoms with van der Waals surface area (Å²) in [5.74, 6) is 0.214. The fraction of sp³-hybridized carbons (Fsp3) is 0.467. The molecule has 2 aromatic rings. The Hall–Kier alpha value is -1.84. The number of hydrogen-bond donors (Lipinski definition) is 1. The van der Waals surface area contributed by atoms with Gasteiger partial charge in [0.2, 0.25) is 0 Å². The van der Waals surface area contributed by atoms with Gasteiger partial charge in [0.1, 0.15) is 5.82 Å². The molecule has 19 heavy (non-hydrogen) atoms. The van der Waals surface area contributed by atoms with Crippen molar-refractivity contribution >= 4 is 17.0 Å². The van der Waals surface area contributed by atoms with Crippen LogP contribution in [0.25, 0.3) is 11.0 Å². The summed E-state index contributed by atoms with van der Waals surface area (Å²) in [5.41, 5.74) is 2.68. The highest BCUT2D eigenvalue weighted by Gasteiger charge is 2.24. The average molecular weight is 260 g/mol. The molecule has 0 aliphatic carbocycles. The maximum Gasteiger partial charge on any atom is 0.304 e. The van der Waals surface area contributed by atoms with Crippen molar-refractivity contribution < 1.29 is 9.90 Å². The molecule has 1 heterocycles. The van der Waals surface area contributed by atoms with Gasteiger partial charge in [-0.1, -0.05) is 19.9 Å². The summed E-state index contributed by atoms with van der Waals surface area (Å²) >= 11 is 0. The van der Waals surface area contributed by atoms with Gasteiger partial charge in [-0.25, -0.2) is 4.98 Å². The number of carbonyl (C=O) groups is 1. The highest BCUT2D eigenvalue weighted by molar-refractivity contribution is 5.78. The summed E-state index contributed by atoms with van der Waals surface area (Å²) in [6.07, 6.45) is 0.117. The second kappa shape index (κ2) is 4.68. The van der Waals surface area contributed by atoms with Gasteiger partial charge in [-0.15, -0.1) is 0 Å². The number of carboxylic acids is 1. The molecule has 0 fully saturated rings.